The molecule has 2 N–H and O–H groups in total. The number of likely N-dealkylation sites (tertiary alicyclic amines) is 1. The summed E-state index contributed by atoms with van der Waals surface area (Å²) in [7, 11) is 0. The SMILES string of the molecule is Cl.NCC1CCN(C(=O)C2Cc3ccccc3S2)CC1. The lowest BCUT2D eigenvalue weighted by Crippen LogP contribution is -2.43. The van der Waals surface area contributed by atoms with Crippen molar-refractivity contribution in [2.24, 2.45) is 11.7 Å². The molecule has 110 valence electrons. The molecule has 2 heterocycles. The fourth-order valence-electron chi connectivity index (χ4n) is 2.91. The van der Waals surface area contributed by atoms with Gasteiger partial charge in [-0.3, -0.25) is 4.79 Å². The minimum Gasteiger partial charge on any atom is -0.342 e. The summed E-state index contributed by atoms with van der Waals surface area (Å²) in [6.07, 6.45) is 3.01. The Hall–Kier alpha value is -0.710. The Morgan fingerprint density at radius 1 is 1.30 bits per heavy atom. The van der Waals surface area contributed by atoms with Crippen LogP contribution in [0.1, 0.15) is 18.4 Å². The zero-order valence-corrected chi connectivity index (χ0v) is 13.1. The van der Waals surface area contributed by atoms with Gasteiger partial charge in [0.1, 0.15) is 0 Å². The largest absolute Gasteiger partial charge is 0.342 e. The summed E-state index contributed by atoms with van der Waals surface area (Å²) in [5, 5.41) is 0.0897. The Bertz CT molecular complexity index is 450. The van der Waals surface area contributed by atoms with Gasteiger partial charge in [0.2, 0.25) is 5.91 Å². The normalized spacial score (nSPS) is 22.2. The third kappa shape index (κ3) is 3.13. The summed E-state index contributed by atoms with van der Waals surface area (Å²) in [5.74, 6) is 0.925. The van der Waals surface area contributed by atoms with E-state index in [9.17, 15) is 4.79 Å². The number of fused-ring (bicyclic) bond motifs is 1. The number of hydrogen-bond donors (Lipinski definition) is 1. The summed E-state index contributed by atoms with van der Waals surface area (Å²) in [6.45, 7) is 2.52. The molecule has 0 spiro atoms. The zero-order valence-electron chi connectivity index (χ0n) is 11.5. The molecule has 3 nitrogen and oxygen atoms in total. The molecule has 1 aromatic carbocycles. The van der Waals surface area contributed by atoms with E-state index in [1.165, 1.54) is 10.5 Å². The topological polar surface area (TPSA) is 46.3 Å². The van der Waals surface area contributed by atoms with Gasteiger partial charge in [-0.2, -0.15) is 0 Å². The van der Waals surface area contributed by atoms with Crippen LogP contribution < -0.4 is 5.73 Å². The smallest absolute Gasteiger partial charge is 0.236 e. The highest BCUT2D eigenvalue weighted by Crippen LogP contribution is 2.38. The lowest BCUT2D eigenvalue weighted by molar-refractivity contribution is -0.131. The molecule has 1 atom stereocenters. The molecule has 2 aliphatic heterocycles. The molecule has 5 heteroatoms. The van der Waals surface area contributed by atoms with Crippen molar-refractivity contribution >= 4 is 30.1 Å². The van der Waals surface area contributed by atoms with Gasteiger partial charge in [0.15, 0.2) is 0 Å². The monoisotopic (exact) mass is 312 g/mol. The minimum atomic E-state index is 0. The lowest BCUT2D eigenvalue weighted by Gasteiger charge is -2.32. The number of halogens is 1. The molecule has 0 bridgehead atoms. The number of rotatable bonds is 2. The third-order valence-corrected chi connectivity index (χ3v) is 5.49. The number of piperidine rings is 1. The van der Waals surface area contributed by atoms with Gasteiger partial charge >= 0.3 is 0 Å². The van der Waals surface area contributed by atoms with Crippen LogP contribution in [0, 0.1) is 5.92 Å². The second-order valence-corrected chi connectivity index (χ2v) is 6.67. The van der Waals surface area contributed by atoms with Crippen LogP contribution in [0.15, 0.2) is 29.2 Å². The van der Waals surface area contributed by atoms with Crippen molar-refractivity contribution in [3.8, 4) is 0 Å². The van der Waals surface area contributed by atoms with Crippen LogP contribution >= 0.6 is 24.2 Å². The van der Waals surface area contributed by atoms with E-state index in [4.69, 9.17) is 5.73 Å². The maximum atomic E-state index is 12.5. The predicted molar refractivity (Wildman–Crippen MR) is 85.4 cm³/mol. The molecule has 1 saturated heterocycles. The van der Waals surface area contributed by atoms with Gasteiger partial charge < -0.3 is 10.6 Å². The summed E-state index contributed by atoms with van der Waals surface area (Å²) >= 11 is 1.73. The van der Waals surface area contributed by atoms with E-state index >= 15 is 0 Å². The van der Waals surface area contributed by atoms with Gasteiger partial charge in [-0.05, 0) is 43.4 Å². The van der Waals surface area contributed by atoms with Crippen LogP contribution in [0.3, 0.4) is 0 Å². The van der Waals surface area contributed by atoms with Gasteiger partial charge in [0.25, 0.3) is 0 Å². The molecule has 1 amide bonds. The molecule has 2 aliphatic rings. The number of thioether (sulfide) groups is 1. The molecular formula is C15H21ClN2OS. The number of amides is 1. The number of benzene rings is 1. The molecular weight excluding hydrogens is 292 g/mol. The van der Waals surface area contributed by atoms with Gasteiger partial charge in [0.05, 0.1) is 5.25 Å². The highest BCUT2D eigenvalue weighted by atomic mass is 35.5. The first-order valence-electron chi connectivity index (χ1n) is 7.01. The first-order chi connectivity index (χ1) is 9.28. The molecule has 3 rings (SSSR count). The maximum absolute atomic E-state index is 12.5. The van der Waals surface area contributed by atoms with Gasteiger partial charge in [-0.15, -0.1) is 24.2 Å². The van der Waals surface area contributed by atoms with Crippen molar-refractivity contribution in [1.82, 2.24) is 4.90 Å². The van der Waals surface area contributed by atoms with Gasteiger partial charge in [-0.25, -0.2) is 0 Å². The molecule has 0 aliphatic carbocycles. The first kappa shape index (κ1) is 15.7. The highest BCUT2D eigenvalue weighted by molar-refractivity contribution is 8.01. The Labute approximate surface area is 130 Å². The summed E-state index contributed by atoms with van der Waals surface area (Å²) < 4.78 is 0. The van der Waals surface area contributed by atoms with Gasteiger partial charge in [-0.1, -0.05) is 18.2 Å². The third-order valence-electron chi connectivity index (χ3n) is 4.18. The number of nitrogens with two attached hydrogens (primary N) is 1. The fraction of sp³-hybridized carbons (Fsp3) is 0.533. The Kier molecular flexibility index (Phi) is 5.35. The van der Waals surface area contributed by atoms with E-state index in [2.05, 4.69) is 18.2 Å². The molecule has 0 saturated carbocycles. The second-order valence-electron chi connectivity index (χ2n) is 5.42. The lowest BCUT2D eigenvalue weighted by atomic mass is 9.96. The van der Waals surface area contributed by atoms with E-state index in [0.29, 0.717) is 11.8 Å². The van der Waals surface area contributed by atoms with E-state index in [1.54, 1.807) is 11.8 Å². The van der Waals surface area contributed by atoms with Crippen LogP contribution in [0.2, 0.25) is 0 Å². The van der Waals surface area contributed by atoms with Crippen LogP contribution in [0.25, 0.3) is 0 Å². The summed E-state index contributed by atoms with van der Waals surface area (Å²) in [5.41, 5.74) is 7.02. The standard InChI is InChI=1S/C15H20N2OS.ClH/c16-10-11-5-7-17(8-6-11)15(18)14-9-12-3-1-2-4-13(12)19-14;/h1-4,11,14H,5-10,16H2;1H. The zero-order chi connectivity index (χ0) is 13.2. The predicted octanol–water partition coefficient (Wildman–Crippen LogP) is 2.32. The molecule has 0 aromatic heterocycles. The summed E-state index contributed by atoms with van der Waals surface area (Å²) in [6, 6.07) is 8.36. The molecule has 1 unspecified atom stereocenters. The fourth-order valence-corrected chi connectivity index (χ4v) is 4.19. The first-order valence-corrected chi connectivity index (χ1v) is 7.89. The van der Waals surface area contributed by atoms with Crippen molar-refractivity contribution < 1.29 is 4.79 Å². The van der Waals surface area contributed by atoms with Crippen molar-refractivity contribution in [2.45, 2.75) is 29.4 Å². The van der Waals surface area contributed by atoms with E-state index in [1.807, 2.05) is 11.0 Å². The van der Waals surface area contributed by atoms with Crippen molar-refractivity contribution in [3.05, 3.63) is 29.8 Å². The van der Waals surface area contributed by atoms with Crippen LogP contribution in [0.4, 0.5) is 0 Å². The average Bonchev–Trinajstić information content (AvgIpc) is 2.90. The molecule has 0 radical (unpaired) electrons. The quantitative estimate of drug-likeness (QED) is 0.911. The number of carbonyl (C=O) groups excluding carboxylic acids is 1. The van der Waals surface area contributed by atoms with Crippen LogP contribution in [-0.2, 0) is 11.2 Å². The van der Waals surface area contributed by atoms with Crippen LogP contribution in [0.5, 0.6) is 0 Å². The van der Waals surface area contributed by atoms with Crippen molar-refractivity contribution in [3.63, 3.8) is 0 Å². The highest BCUT2D eigenvalue weighted by Gasteiger charge is 2.32. The van der Waals surface area contributed by atoms with Crippen molar-refractivity contribution in [1.29, 1.82) is 0 Å². The molecule has 1 fully saturated rings. The van der Waals surface area contributed by atoms with E-state index < -0.39 is 0 Å². The van der Waals surface area contributed by atoms with Gasteiger partial charge in [0, 0.05) is 18.0 Å². The molecule has 20 heavy (non-hydrogen) atoms. The Balaban J connectivity index is 0.00000147. The maximum Gasteiger partial charge on any atom is 0.236 e. The molecule has 1 aromatic rings. The van der Waals surface area contributed by atoms with Crippen molar-refractivity contribution in [2.75, 3.05) is 19.6 Å². The average molecular weight is 313 g/mol. The number of nitrogens with zero attached hydrogens (tertiary/aromatic N) is 1. The minimum absolute atomic E-state index is 0. The Morgan fingerprint density at radius 3 is 2.65 bits per heavy atom. The number of carbonyl (C=O) groups is 1. The Morgan fingerprint density at radius 2 is 2.00 bits per heavy atom. The summed E-state index contributed by atoms with van der Waals surface area (Å²) in [4.78, 5) is 15.9. The van der Waals surface area contributed by atoms with E-state index in [-0.39, 0.29) is 17.7 Å². The van der Waals surface area contributed by atoms with E-state index in [0.717, 1.165) is 38.9 Å². The van der Waals surface area contributed by atoms with Crippen LogP contribution in [-0.4, -0.2) is 35.7 Å². The number of hydrogen-bond acceptors (Lipinski definition) is 3. The second kappa shape index (κ2) is 6.83.